The van der Waals surface area contributed by atoms with Crippen LogP contribution in [0.1, 0.15) is 13.3 Å². The first-order valence-corrected chi connectivity index (χ1v) is 2.95. The molecule has 1 fully saturated rings. The number of quaternary nitrogens is 1. The molecule has 0 heterocycles. The van der Waals surface area contributed by atoms with Crippen LogP contribution in [0.4, 0.5) is 0 Å². The lowest BCUT2D eigenvalue weighted by Gasteiger charge is -2.20. The van der Waals surface area contributed by atoms with Gasteiger partial charge in [-0.15, -0.1) is 0 Å². The lowest BCUT2D eigenvalue weighted by molar-refractivity contribution is -0.945. The lowest BCUT2D eigenvalue weighted by atomic mass is 10.5. The normalized spacial score (nSPS) is 37.5. The van der Waals surface area contributed by atoms with Crippen molar-refractivity contribution in [3.8, 4) is 0 Å². The first-order valence-electron chi connectivity index (χ1n) is 2.95. The van der Waals surface area contributed by atoms with Crippen LogP contribution in [0.25, 0.3) is 0 Å². The summed E-state index contributed by atoms with van der Waals surface area (Å²) in [5.41, 5.74) is 0. The predicted octanol–water partition coefficient (Wildman–Crippen LogP) is -0.411. The summed E-state index contributed by atoms with van der Waals surface area (Å²) >= 11 is 0. The Morgan fingerprint density at radius 3 is 1.88 bits per heavy atom. The van der Waals surface area contributed by atoms with E-state index in [-0.39, 0.29) is 4.70 Å². The van der Waals surface area contributed by atoms with Crippen molar-refractivity contribution in [3.63, 3.8) is 0 Å². The van der Waals surface area contributed by atoms with Crippen LogP contribution in [0.2, 0.25) is 0 Å². The average Bonchev–Trinajstić information content (AvgIpc) is 2.13. The number of hydrogen-bond donors (Lipinski definition) is 2. The zero-order valence-corrected chi connectivity index (χ0v) is 5.46. The van der Waals surface area contributed by atoms with Crippen LogP contribution in [0.5, 0.6) is 0 Å². The summed E-state index contributed by atoms with van der Waals surface area (Å²) in [4.78, 5) is 0. The van der Waals surface area contributed by atoms with Gasteiger partial charge in [-0.05, 0) is 0 Å². The Balaban J connectivity index is 2.39. The van der Waals surface area contributed by atoms with Crippen molar-refractivity contribution in [3.05, 3.63) is 0 Å². The van der Waals surface area contributed by atoms with Crippen molar-refractivity contribution in [1.29, 1.82) is 0 Å². The first-order chi connectivity index (χ1) is 3.52. The molecule has 1 unspecified atom stereocenters. The van der Waals surface area contributed by atoms with Gasteiger partial charge in [-0.3, -0.25) is 0 Å². The van der Waals surface area contributed by atoms with E-state index in [9.17, 15) is 0 Å². The average molecular weight is 116 g/mol. The molecule has 3 nitrogen and oxygen atoms in total. The second-order valence-corrected chi connectivity index (χ2v) is 3.00. The lowest BCUT2D eigenvalue weighted by Crippen LogP contribution is -2.59. The molecule has 4 N–H and O–H groups in total. The van der Waals surface area contributed by atoms with Crippen LogP contribution in [0.15, 0.2) is 0 Å². The summed E-state index contributed by atoms with van der Waals surface area (Å²) in [6.45, 7) is 2.17. The molecule has 3 heteroatoms. The van der Waals surface area contributed by atoms with E-state index < -0.39 is 0 Å². The molecule has 0 aliphatic heterocycles. The molecule has 0 spiro atoms. The highest BCUT2D eigenvalue weighted by Gasteiger charge is 2.46. The number of nitrogens with two attached hydrogens (primary N) is 2. The molecule has 1 aliphatic carbocycles. The molecular formula is C5H14N3+. The van der Waals surface area contributed by atoms with Crippen molar-refractivity contribution >= 4 is 0 Å². The number of rotatable bonds is 1. The van der Waals surface area contributed by atoms with Crippen molar-refractivity contribution in [2.75, 3.05) is 7.05 Å². The van der Waals surface area contributed by atoms with E-state index in [1.165, 1.54) is 6.42 Å². The van der Waals surface area contributed by atoms with Gasteiger partial charge in [-0.25, -0.2) is 0 Å². The molecule has 48 valence electrons. The maximum atomic E-state index is 5.55. The van der Waals surface area contributed by atoms with Gasteiger partial charge in [0.15, 0.2) is 0 Å². The third-order valence-corrected chi connectivity index (χ3v) is 1.78. The first kappa shape index (κ1) is 6.01. The highest BCUT2D eigenvalue weighted by Crippen LogP contribution is 2.34. The minimum absolute atomic E-state index is 0.154. The van der Waals surface area contributed by atoms with E-state index in [4.69, 9.17) is 11.7 Å². The van der Waals surface area contributed by atoms with Gasteiger partial charge < -0.3 is 0 Å². The molecule has 0 amide bonds. The molecule has 0 saturated heterocycles. The Labute approximate surface area is 49.8 Å². The van der Waals surface area contributed by atoms with E-state index in [2.05, 4.69) is 6.92 Å². The summed E-state index contributed by atoms with van der Waals surface area (Å²) in [5.74, 6) is 11.8. The fourth-order valence-corrected chi connectivity index (χ4v) is 1.08. The molecule has 8 heavy (non-hydrogen) atoms. The quantitative estimate of drug-likeness (QED) is 0.278. The fraction of sp³-hybridized carbons (Fsp3) is 1.00. The van der Waals surface area contributed by atoms with Gasteiger partial charge in [0.05, 0.1) is 0 Å². The largest absolute Gasteiger partial charge is 0.176 e. The molecule has 2 atom stereocenters. The maximum Gasteiger partial charge on any atom is 0.127 e. The van der Waals surface area contributed by atoms with Crippen LogP contribution in [-0.4, -0.2) is 17.8 Å². The molecule has 1 aliphatic rings. The third-order valence-electron chi connectivity index (χ3n) is 1.78. The van der Waals surface area contributed by atoms with Gasteiger partial charge in [0, 0.05) is 12.3 Å². The SMILES string of the molecule is C[C@H]1CC1[N+](C)(N)N. The molecule has 0 aromatic heterocycles. The summed E-state index contributed by atoms with van der Waals surface area (Å²) in [6, 6.07) is 0.509. The standard InChI is InChI=1S/C5H14N3/c1-4-3-5(4)8(2,6)7/h4-5H,3,6-7H2,1-2H3/q+1/t4-,5?/m0/s1. The van der Waals surface area contributed by atoms with Crippen LogP contribution in [0.3, 0.4) is 0 Å². The molecular weight excluding hydrogens is 102 g/mol. The van der Waals surface area contributed by atoms with Gasteiger partial charge in [0.25, 0.3) is 0 Å². The predicted molar refractivity (Wildman–Crippen MR) is 32.1 cm³/mol. The summed E-state index contributed by atoms with van der Waals surface area (Å²) in [7, 11) is 1.83. The van der Waals surface area contributed by atoms with Crippen LogP contribution in [-0.2, 0) is 0 Å². The van der Waals surface area contributed by atoms with Crippen molar-refractivity contribution in [2.24, 2.45) is 17.6 Å². The van der Waals surface area contributed by atoms with Crippen LogP contribution < -0.4 is 11.7 Å². The maximum absolute atomic E-state index is 5.55. The fourth-order valence-electron chi connectivity index (χ4n) is 1.08. The molecule has 0 aromatic carbocycles. The Kier molecular flexibility index (Phi) is 1.08. The zero-order chi connectivity index (χ0) is 6.36. The van der Waals surface area contributed by atoms with Gasteiger partial charge in [0.2, 0.25) is 0 Å². The van der Waals surface area contributed by atoms with E-state index in [1.54, 1.807) is 0 Å². The molecule has 0 radical (unpaired) electrons. The van der Waals surface area contributed by atoms with Gasteiger partial charge in [0.1, 0.15) is 13.1 Å². The van der Waals surface area contributed by atoms with Crippen molar-refractivity contribution < 1.29 is 4.70 Å². The molecule has 1 rings (SSSR count). The minimum atomic E-state index is 0.154. The summed E-state index contributed by atoms with van der Waals surface area (Å²) < 4.78 is 0.154. The summed E-state index contributed by atoms with van der Waals surface area (Å²) in [5, 5.41) is 0. The highest BCUT2D eigenvalue weighted by molar-refractivity contribution is 4.82. The second-order valence-electron chi connectivity index (χ2n) is 3.00. The Bertz CT molecular complexity index is 94.3. The Hall–Kier alpha value is -0.120. The van der Waals surface area contributed by atoms with E-state index in [0.717, 1.165) is 5.92 Å². The molecule has 0 bridgehead atoms. The van der Waals surface area contributed by atoms with Gasteiger partial charge >= 0.3 is 0 Å². The van der Waals surface area contributed by atoms with Gasteiger partial charge in [-0.1, -0.05) is 6.92 Å². The third kappa shape index (κ3) is 0.992. The molecule has 1 saturated carbocycles. The number of nitrogens with zero attached hydrogens (tertiary/aromatic N) is 1. The smallest absolute Gasteiger partial charge is 0.127 e. The second kappa shape index (κ2) is 1.43. The zero-order valence-electron chi connectivity index (χ0n) is 5.46. The topological polar surface area (TPSA) is 52.0 Å². The highest BCUT2D eigenvalue weighted by atomic mass is 15.8. The van der Waals surface area contributed by atoms with Crippen LogP contribution >= 0.6 is 0 Å². The Morgan fingerprint density at radius 1 is 1.50 bits per heavy atom. The van der Waals surface area contributed by atoms with E-state index in [1.807, 2.05) is 7.05 Å². The summed E-state index contributed by atoms with van der Waals surface area (Å²) in [6.07, 6.45) is 1.18. The van der Waals surface area contributed by atoms with Gasteiger partial charge in [-0.2, -0.15) is 16.4 Å². The van der Waals surface area contributed by atoms with Crippen molar-refractivity contribution in [2.45, 2.75) is 19.4 Å². The molecule has 0 aromatic rings. The van der Waals surface area contributed by atoms with E-state index >= 15 is 0 Å². The Morgan fingerprint density at radius 2 is 1.88 bits per heavy atom. The number of hydrogen-bond acceptors (Lipinski definition) is 2. The minimum Gasteiger partial charge on any atom is -0.176 e. The van der Waals surface area contributed by atoms with Crippen LogP contribution in [0, 0.1) is 5.92 Å². The monoisotopic (exact) mass is 116 g/mol. The van der Waals surface area contributed by atoms with E-state index in [0.29, 0.717) is 6.04 Å². The van der Waals surface area contributed by atoms with Crippen molar-refractivity contribution in [1.82, 2.24) is 0 Å².